The lowest BCUT2D eigenvalue weighted by Gasteiger charge is -2.43. The number of aliphatic hydroxyl groups excluding tert-OH is 1. The third-order valence-electron chi connectivity index (χ3n) is 3.78. The number of hydrogen-bond acceptors (Lipinski definition) is 3. The predicted octanol–water partition coefficient (Wildman–Crippen LogP) is 3.18. The van der Waals surface area contributed by atoms with Crippen molar-refractivity contribution in [3.63, 3.8) is 0 Å². The second-order valence-corrected chi connectivity index (χ2v) is 5.74. The average Bonchev–Trinajstić information content (AvgIpc) is 2.42. The quantitative estimate of drug-likeness (QED) is 0.897. The van der Waals surface area contributed by atoms with Crippen LogP contribution in [0.1, 0.15) is 25.7 Å². The van der Waals surface area contributed by atoms with Crippen LogP contribution in [0.5, 0.6) is 0 Å². The summed E-state index contributed by atoms with van der Waals surface area (Å²) >= 11 is 3.53. The van der Waals surface area contributed by atoms with Crippen LogP contribution in [0.2, 0.25) is 0 Å². The summed E-state index contributed by atoms with van der Waals surface area (Å²) in [5.41, 5.74) is 0.646. The molecule has 3 nitrogen and oxygen atoms in total. The lowest BCUT2D eigenvalue weighted by atomic mass is 9.79. The normalized spacial score (nSPS) is 28.1. The molecule has 1 aromatic carbocycles. The zero-order chi connectivity index (χ0) is 13.0. The van der Waals surface area contributed by atoms with E-state index in [2.05, 4.69) is 21.2 Å². The van der Waals surface area contributed by atoms with E-state index in [-0.39, 0.29) is 18.2 Å². The van der Waals surface area contributed by atoms with Gasteiger partial charge in [-0.1, -0.05) is 25.0 Å². The molecule has 1 fully saturated rings. The highest BCUT2D eigenvalue weighted by molar-refractivity contribution is 9.10. The summed E-state index contributed by atoms with van der Waals surface area (Å²) in [5, 5.41) is 13.3. The number of aliphatic hydroxyl groups is 1. The van der Waals surface area contributed by atoms with Crippen molar-refractivity contribution in [2.75, 3.05) is 19.0 Å². The summed E-state index contributed by atoms with van der Waals surface area (Å²) in [5.74, 6) is 0. The van der Waals surface area contributed by atoms with Gasteiger partial charge in [-0.05, 0) is 40.9 Å². The fourth-order valence-corrected chi connectivity index (χ4v) is 3.13. The van der Waals surface area contributed by atoms with Crippen LogP contribution in [-0.2, 0) is 4.74 Å². The van der Waals surface area contributed by atoms with Crippen molar-refractivity contribution >= 4 is 21.6 Å². The highest BCUT2D eigenvalue weighted by Crippen LogP contribution is 2.35. The monoisotopic (exact) mass is 313 g/mol. The van der Waals surface area contributed by atoms with Crippen LogP contribution < -0.4 is 5.32 Å². The number of ether oxygens (including phenoxy) is 1. The fourth-order valence-electron chi connectivity index (χ4n) is 2.75. The maximum atomic E-state index is 9.84. The summed E-state index contributed by atoms with van der Waals surface area (Å²) in [4.78, 5) is 0. The standard InChI is InChI=1S/C14H20BrNO2/c1-18-13-8-4-5-9-14(13,10-17)16-12-7-3-2-6-11(12)15/h2-3,6-7,13,16-17H,4-5,8-10H2,1H3. The van der Waals surface area contributed by atoms with Crippen molar-refractivity contribution in [1.82, 2.24) is 0 Å². The Hall–Kier alpha value is -0.580. The molecule has 2 N–H and O–H groups in total. The largest absolute Gasteiger partial charge is 0.394 e. The minimum Gasteiger partial charge on any atom is -0.394 e. The van der Waals surface area contributed by atoms with E-state index in [1.807, 2.05) is 24.3 Å². The third-order valence-corrected chi connectivity index (χ3v) is 4.47. The topological polar surface area (TPSA) is 41.5 Å². The number of halogens is 1. The molecule has 0 saturated heterocycles. The molecule has 0 aliphatic heterocycles. The highest BCUT2D eigenvalue weighted by Gasteiger charge is 2.40. The third kappa shape index (κ3) is 2.71. The first-order valence-corrected chi connectivity index (χ1v) is 7.17. The molecule has 4 heteroatoms. The SMILES string of the molecule is COC1CCCCC1(CO)Nc1ccccc1Br. The molecular formula is C14H20BrNO2. The molecule has 0 heterocycles. The smallest absolute Gasteiger partial charge is 0.0866 e. The van der Waals surface area contributed by atoms with Gasteiger partial charge in [0.2, 0.25) is 0 Å². The van der Waals surface area contributed by atoms with Gasteiger partial charge >= 0.3 is 0 Å². The first-order valence-electron chi connectivity index (χ1n) is 6.38. The molecule has 0 amide bonds. The molecule has 2 rings (SSSR count). The Morgan fingerprint density at radius 3 is 2.89 bits per heavy atom. The molecule has 18 heavy (non-hydrogen) atoms. The van der Waals surface area contributed by atoms with Crippen LogP contribution in [0.3, 0.4) is 0 Å². The Balaban J connectivity index is 2.24. The minimum atomic E-state index is -0.364. The molecule has 0 spiro atoms. The van der Waals surface area contributed by atoms with E-state index < -0.39 is 0 Å². The van der Waals surface area contributed by atoms with E-state index >= 15 is 0 Å². The summed E-state index contributed by atoms with van der Waals surface area (Å²) in [7, 11) is 1.72. The molecule has 1 saturated carbocycles. The summed E-state index contributed by atoms with van der Waals surface area (Å²) in [6, 6.07) is 7.99. The lowest BCUT2D eigenvalue weighted by Crippen LogP contribution is -2.55. The Kier molecular flexibility index (Phi) is 4.65. The summed E-state index contributed by atoms with van der Waals surface area (Å²) in [6.45, 7) is 0.0901. The molecule has 1 aromatic rings. The number of hydrogen-bond donors (Lipinski definition) is 2. The molecule has 2 unspecified atom stereocenters. The van der Waals surface area contributed by atoms with E-state index in [0.717, 1.165) is 35.8 Å². The molecular weight excluding hydrogens is 294 g/mol. The van der Waals surface area contributed by atoms with Crippen molar-refractivity contribution in [3.05, 3.63) is 28.7 Å². The second kappa shape index (κ2) is 6.04. The van der Waals surface area contributed by atoms with Gasteiger partial charge in [0.25, 0.3) is 0 Å². The maximum Gasteiger partial charge on any atom is 0.0866 e. The Bertz CT molecular complexity index is 399. The van der Waals surface area contributed by atoms with E-state index in [1.54, 1.807) is 7.11 Å². The van der Waals surface area contributed by atoms with Gasteiger partial charge in [0.15, 0.2) is 0 Å². The summed E-state index contributed by atoms with van der Waals surface area (Å²) < 4.78 is 6.58. The molecule has 0 aromatic heterocycles. The minimum absolute atomic E-state index is 0.0587. The van der Waals surface area contributed by atoms with Gasteiger partial charge in [0, 0.05) is 17.3 Å². The summed E-state index contributed by atoms with van der Waals surface area (Å²) in [6.07, 6.45) is 4.27. The number of methoxy groups -OCH3 is 1. The van der Waals surface area contributed by atoms with Crippen LogP contribution in [0.4, 0.5) is 5.69 Å². The van der Waals surface area contributed by atoms with E-state index in [4.69, 9.17) is 4.74 Å². The Morgan fingerprint density at radius 1 is 1.44 bits per heavy atom. The number of rotatable bonds is 4. The zero-order valence-electron chi connectivity index (χ0n) is 10.7. The van der Waals surface area contributed by atoms with Crippen molar-refractivity contribution < 1.29 is 9.84 Å². The predicted molar refractivity (Wildman–Crippen MR) is 76.8 cm³/mol. The van der Waals surface area contributed by atoms with Crippen molar-refractivity contribution in [1.29, 1.82) is 0 Å². The average molecular weight is 314 g/mol. The lowest BCUT2D eigenvalue weighted by molar-refractivity contribution is -0.00858. The first-order chi connectivity index (χ1) is 8.72. The molecule has 0 bridgehead atoms. The van der Waals surface area contributed by atoms with Crippen molar-refractivity contribution in [2.24, 2.45) is 0 Å². The van der Waals surface area contributed by atoms with Gasteiger partial charge in [-0.2, -0.15) is 0 Å². The van der Waals surface area contributed by atoms with E-state index in [0.29, 0.717) is 0 Å². The Labute approximate surface area is 117 Å². The van der Waals surface area contributed by atoms with Crippen molar-refractivity contribution in [2.45, 2.75) is 37.3 Å². The number of nitrogens with one attached hydrogen (secondary N) is 1. The number of para-hydroxylation sites is 1. The first kappa shape index (κ1) is 13.8. The number of benzene rings is 1. The molecule has 1 aliphatic carbocycles. The van der Waals surface area contributed by atoms with E-state index in [1.165, 1.54) is 0 Å². The van der Waals surface area contributed by atoms with Gasteiger partial charge < -0.3 is 15.2 Å². The molecule has 100 valence electrons. The fraction of sp³-hybridized carbons (Fsp3) is 0.571. The Morgan fingerprint density at radius 2 is 2.22 bits per heavy atom. The van der Waals surface area contributed by atoms with E-state index in [9.17, 15) is 5.11 Å². The van der Waals surface area contributed by atoms with Crippen LogP contribution in [-0.4, -0.2) is 30.5 Å². The van der Waals surface area contributed by atoms with Crippen LogP contribution in [0.15, 0.2) is 28.7 Å². The van der Waals surface area contributed by atoms with Gasteiger partial charge in [-0.15, -0.1) is 0 Å². The van der Waals surface area contributed by atoms with Gasteiger partial charge in [-0.25, -0.2) is 0 Å². The molecule has 1 aliphatic rings. The van der Waals surface area contributed by atoms with Gasteiger partial charge in [-0.3, -0.25) is 0 Å². The van der Waals surface area contributed by atoms with Gasteiger partial charge in [0.1, 0.15) is 0 Å². The molecule has 2 atom stereocenters. The number of anilines is 1. The zero-order valence-corrected chi connectivity index (χ0v) is 12.2. The molecule has 0 radical (unpaired) electrons. The highest BCUT2D eigenvalue weighted by atomic mass is 79.9. The van der Waals surface area contributed by atoms with Crippen LogP contribution in [0, 0.1) is 0 Å². The maximum absolute atomic E-state index is 9.84. The van der Waals surface area contributed by atoms with Crippen LogP contribution in [0.25, 0.3) is 0 Å². The van der Waals surface area contributed by atoms with Crippen LogP contribution >= 0.6 is 15.9 Å². The second-order valence-electron chi connectivity index (χ2n) is 4.89. The van der Waals surface area contributed by atoms with Crippen molar-refractivity contribution in [3.8, 4) is 0 Å². The van der Waals surface area contributed by atoms with Gasteiger partial charge in [0.05, 0.1) is 18.2 Å².